The Morgan fingerprint density at radius 3 is 1.82 bits per heavy atom. The van der Waals surface area contributed by atoms with Crippen molar-refractivity contribution in [3.63, 3.8) is 0 Å². The smallest absolute Gasteiger partial charge is 0.410 e. The van der Waals surface area contributed by atoms with Crippen molar-refractivity contribution >= 4 is 17.5 Å². The number of benzene rings is 2. The molecule has 0 radical (unpaired) electrons. The molecule has 0 unspecified atom stereocenters. The van der Waals surface area contributed by atoms with Crippen molar-refractivity contribution in [2.75, 3.05) is 13.1 Å². The topological polar surface area (TPSA) is 125 Å². The van der Waals surface area contributed by atoms with E-state index in [4.69, 9.17) is 9.47 Å². The summed E-state index contributed by atoms with van der Waals surface area (Å²) in [5.41, 5.74) is -0.554. The zero-order valence-corrected chi connectivity index (χ0v) is 18.6. The largest absolute Gasteiger partial charge is 0.490 e. The van der Waals surface area contributed by atoms with Crippen LogP contribution >= 0.6 is 0 Å². The van der Waals surface area contributed by atoms with Gasteiger partial charge in [-0.05, 0) is 45.0 Å². The molecular formula is C22H26FN3O7. The number of nitro benzene ring substituents is 2. The SMILES string of the molecule is CC(C)(C)OC(=O)N1CCC(Oc2ccc([N+](=O)[O-])cc2)CC1.O=[N+]([O-])c1ccc(F)cc1. The van der Waals surface area contributed by atoms with Crippen LogP contribution in [-0.4, -0.2) is 45.6 Å². The summed E-state index contributed by atoms with van der Waals surface area (Å²) in [5, 5.41) is 20.6. The summed E-state index contributed by atoms with van der Waals surface area (Å²) < 4.78 is 23.3. The van der Waals surface area contributed by atoms with Crippen LogP contribution in [0.25, 0.3) is 0 Å². The van der Waals surface area contributed by atoms with E-state index in [2.05, 4.69) is 0 Å². The Balaban J connectivity index is 0.000000321. The summed E-state index contributed by atoms with van der Waals surface area (Å²) >= 11 is 0. The maximum atomic E-state index is 12.1. The Bertz CT molecular complexity index is 951. The van der Waals surface area contributed by atoms with Gasteiger partial charge in [0.05, 0.1) is 9.85 Å². The third-order valence-corrected chi connectivity index (χ3v) is 4.48. The number of hydrogen-bond acceptors (Lipinski definition) is 7. The van der Waals surface area contributed by atoms with Gasteiger partial charge in [-0.3, -0.25) is 20.2 Å². The van der Waals surface area contributed by atoms with Gasteiger partial charge in [0, 0.05) is 50.2 Å². The van der Waals surface area contributed by atoms with E-state index in [-0.39, 0.29) is 23.6 Å². The summed E-state index contributed by atoms with van der Waals surface area (Å²) in [6.45, 7) is 6.68. The summed E-state index contributed by atoms with van der Waals surface area (Å²) in [4.78, 5) is 33.3. The first kappa shape index (κ1) is 25.5. The van der Waals surface area contributed by atoms with E-state index < -0.39 is 21.3 Å². The maximum Gasteiger partial charge on any atom is 0.410 e. The lowest BCUT2D eigenvalue weighted by Crippen LogP contribution is -2.44. The van der Waals surface area contributed by atoms with Gasteiger partial charge in [0.2, 0.25) is 0 Å². The molecule has 0 N–H and O–H groups in total. The normalized spacial score (nSPS) is 14.0. The third kappa shape index (κ3) is 8.71. The zero-order valence-electron chi connectivity index (χ0n) is 18.6. The van der Waals surface area contributed by atoms with E-state index in [0.29, 0.717) is 31.7 Å². The van der Waals surface area contributed by atoms with Crippen molar-refractivity contribution in [1.82, 2.24) is 4.90 Å². The summed E-state index contributed by atoms with van der Waals surface area (Å²) in [6.07, 6.45) is 1.10. The van der Waals surface area contributed by atoms with E-state index in [0.717, 1.165) is 24.3 Å². The van der Waals surface area contributed by atoms with Gasteiger partial charge in [0.25, 0.3) is 11.4 Å². The lowest BCUT2D eigenvalue weighted by atomic mass is 10.1. The van der Waals surface area contributed by atoms with Crippen LogP contribution in [0.5, 0.6) is 5.75 Å². The number of nitrogens with zero attached hydrogens (tertiary/aromatic N) is 3. The fraction of sp³-hybridized carbons (Fsp3) is 0.409. The van der Waals surface area contributed by atoms with Crippen LogP contribution in [0, 0.1) is 26.0 Å². The van der Waals surface area contributed by atoms with Crippen LogP contribution in [0.15, 0.2) is 48.5 Å². The van der Waals surface area contributed by atoms with Gasteiger partial charge in [-0.2, -0.15) is 0 Å². The van der Waals surface area contributed by atoms with Crippen molar-refractivity contribution in [3.05, 3.63) is 74.6 Å². The van der Waals surface area contributed by atoms with Crippen LogP contribution < -0.4 is 4.74 Å². The average molecular weight is 463 g/mol. The first-order valence-corrected chi connectivity index (χ1v) is 10.2. The molecule has 3 rings (SSSR count). The van der Waals surface area contributed by atoms with E-state index >= 15 is 0 Å². The molecular weight excluding hydrogens is 437 g/mol. The lowest BCUT2D eigenvalue weighted by Gasteiger charge is -2.33. The van der Waals surface area contributed by atoms with E-state index in [1.54, 1.807) is 17.0 Å². The summed E-state index contributed by atoms with van der Waals surface area (Å²) in [6, 6.07) is 10.4. The highest BCUT2D eigenvalue weighted by atomic mass is 19.1. The number of amides is 1. The van der Waals surface area contributed by atoms with Crippen molar-refractivity contribution in [3.8, 4) is 5.75 Å². The van der Waals surface area contributed by atoms with E-state index in [9.17, 15) is 29.4 Å². The van der Waals surface area contributed by atoms with Crippen molar-refractivity contribution in [1.29, 1.82) is 0 Å². The van der Waals surface area contributed by atoms with Gasteiger partial charge >= 0.3 is 6.09 Å². The Morgan fingerprint density at radius 1 is 0.939 bits per heavy atom. The molecule has 0 saturated carbocycles. The lowest BCUT2D eigenvalue weighted by molar-refractivity contribution is -0.385. The molecule has 0 atom stereocenters. The molecule has 33 heavy (non-hydrogen) atoms. The van der Waals surface area contributed by atoms with E-state index in [1.165, 1.54) is 12.1 Å². The molecule has 1 saturated heterocycles. The first-order valence-electron chi connectivity index (χ1n) is 10.2. The van der Waals surface area contributed by atoms with Crippen molar-refractivity contribution < 1.29 is 28.5 Å². The second-order valence-electron chi connectivity index (χ2n) is 8.27. The summed E-state index contributed by atoms with van der Waals surface area (Å²) in [7, 11) is 0. The Hall–Kier alpha value is -3.76. The number of rotatable bonds is 4. The Kier molecular flexibility index (Phi) is 8.66. The molecule has 0 bridgehead atoms. The number of hydrogen-bond donors (Lipinski definition) is 0. The molecule has 2 aromatic carbocycles. The number of non-ortho nitro benzene ring substituents is 2. The third-order valence-electron chi connectivity index (χ3n) is 4.48. The number of halogens is 1. The highest BCUT2D eigenvalue weighted by Gasteiger charge is 2.27. The fourth-order valence-electron chi connectivity index (χ4n) is 2.88. The average Bonchev–Trinajstić information content (AvgIpc) is 2.74. The second-order valence-corrected chi connectivity index (χ2v) is 8.27. The number of carbonyl (C=O) groups is 1. The Morgan fingerprint density at radius 2 is 1.39 bits per heavy atom. The van der Waals surface area contributed by atoms with Gasteiger partial charge in [-0.15, -0.1) is 0 Å². The fourth-order valence-corrected chi connectivity index (χ4v) is 2.88. The highest BCUT2D eigenvalue weighted by molar-refractivity contribution is 5.68. The molecule has 1 aliphatic heterocycles. The molecule has 1 aliphatic rings. The molecule has 1 fully saturated rings. The quantitative estimate of drug-likeness (QED) is 0.456. The first-order chi connectivity index (χ1) is 15.4. The predicted molar refractivity (Wildman–Crippen MR) is 118 cm³/mol. The molecule has 1 heterocycles. The number of likely N-dealkylation sites (tertiary alicyclic amines) is 1. The monoisotopic (exact) mass is 463 g/mol. The molecule has 1 amide bonds. The second kappa shape index (κ2) is 11.2. The van der Waals surface area contributed by atoms with Crippen LogP contribution in [0.1, 0.15) is 33.6 Å². The van der Waals surface area contributed by atoms with Crippen molar-refractivity contribution in [2.45, 2.75) is 45.3 Å². The minimum absolute atomic E-state index is 0.00450. The molecule has 2 aromatic rings. The molecule has 178 valence electrons. The molecule has 0 aromatic heterocycles. The highest BCUT2D eigenvalue weighted by Crippen LogP contribution is 2.22. The number of nitro groups is 2. The van der Waals surface area contributed by atoms with Crippen molar-refractivity contribution in [2.24, 2.45) is 0 Å². The predicted octanol–water partition coefficient (Wildman–Crippen LogP) is 5.11. The molecule has 0 aliphatic carbocycles. The standard InChI is InChI=1S/C16H22N2O5.C6H4FNO2/c1-16(2,3)23-15(19)17-10-8-14(9-11-17)22-13-6-4-12(5-7-13)18(20)21;7-5-1-3-6(4-2-5)8(9)10/h4-7,14H,8-11H2,1-3H3;1-4H. The zero-order chi connectivity index (χ0) is 24.6. The van der Waals surface area contributed by atoms with Gasteiger partial charge in [-0.25, -0.2) is 9.18 Å². The molecule has 10 nitrogen and oxygen atoms in total. The maximum absolute atomic E-state index is 12.1. The van der Waals surface area contributed by atoms with Crippen LogP contribution in [0.4, 0.5) is 20.6 Å². The molecule has 11 heteroatoms. The van der Waals surface area contributed by atoms with Gasteiger partial charge in [0.15, 0.2) is 0 Å². The van der Waals surface area contributed by atoms with Gasteiger partial charge in [0.1, 0.15) is 23.3 Å². The van der Waals surface area contributed by atoms with E-state index in [1.807, 2.05) is 20.8 Å². The number of carbonyl (C=O) groups excluding carboxylic acids is 1. The molecule has 0 spiro atoms. The van der Waals surface area contributed by atoms with Crippen LogP contribution in [-0.2, 0) is 4.74 Å². The number of ether oxygens (including phenoxy) is 2. The Labute approximate surface area is 190 Å². The van der Waals surface area contributed by atoms with Crippen LogP contribution in [0.2, 0.25) is 0 Å². The summed E-state index contributed by atoms with van der Waals surface area (Å²) in [5.74, 6) is 0.136. The van der Waals surface area contributed by atoms with Crippen LogP contribution in [0.3, 0.4) is 0 Å². The van der Waals surface area contributed by atoms with Gasteiger partial charge in [-0.1, -0.05) is 0 Å². The minimum atomic E-state index is -0.570. The van der Waals surface area contributed by atoms with Gasteiger partial charge < -0.3 is 14.4 Å². The minimum Gasteiger partial charge on any atom is -0.490 e. The number of piperidine rings is 1.